The van der Waals surface area contributed by atoms with E-state index in [4.69, 9.17) is 4.74 Å². The fourth-order valence-corrected chi connectivity index (χ4v) is 3.98. The van der Waals surface area contributed by atoms with Crippen LogP contribution in [0.3, 0.4) is 0 Å². The number of aromatic nitrogens is 4. The number of rotatable bonds is 6. The molecular formula is C23H26F2N4O3. The Labute approximate surface area is 183 Å². The summed E-state index contributed by atoms with van der Waals surface area (Å²) >= 11 is 0. The molecular weight excluding hydrogens is 418 g/mol. The molecule has 0 radical (unpaired) electrons. The molecule has 4 rings (SSSR count). The molecule has 1 saturated carbocycles. The van der Waals surface area contributed by atoms with Crippen LogP contribution in [-0.2, 0) is 13.1 Å². The van der Waals surface area contributed by atoms with Gasteiger partial charge in [0, 0.05) is 25.9 Å². The lowest BCUT2D eigenvalue weighted by molar-refractivity contribution is -0.0582. The number of aryl methyl sites for hydroxylation is 1. The Morgan fingerprint density at radius 2 is 1.75 bits per heavy atom. The van der Waals surface area contributed by atoms with Crippen LogP contribution in [0.2, 0.25) is 0 Å². The third kappa shape index (κ3) is 4.37. The summed E-state index contributed by atoms with van der Waals surface area (Å²) in [6.45, 7) is 4.28. The molecule has 32 heavy (non-hydrogen) atoms. The number of nitrogens with one attached hydrogen (secondary N) is 1. The van der Waals surface area contributed by atoms with Crippen molar-refractivity contribution < 1.29 is 13.5 Å². The van der Waals surface area contributed by atoms with E-state index in [9.17, 15) is 18.4 Å². The highest BCUT2D eigenvalue weighted by Gasteiger charge is 2.35. The normalized spacial score (nSPS) is 16.8. The molecule has 1 fully saturated rings. The number of imidazole rings is 1. The van der Waals surface area contributed by atoms with E-state index in [-0.39, 0.29) is 36.7 Å². The first kappa shape index (κ1) is 22.0. The van der Waals surface area contributed by atoms with Crippen molar-refractivity contribution in [2.45, 2.75) is 64.6 Å². The Morgan fingerprint density at radius 3 is 2.38 bits per heavy atom. The van der Waals surface area contributed by atoms with Crippen LogP contribution in [0.5, 0.6) is 5.75 Å². The van der Waals surface area contributed by atoms with E-state index in [2.05, 4.69) is 9.97 Å². The number of hydrogen-bond acceptors (Lipinski definition) is 4. The van der Waals surface area contributed by atoms with Gasteiger partial charge in [0.05, 0.1) is 6.10 Å². The Hall–Kier alpha value is -3.23. The fourth-order valence-electron chi connectivity index (χ4n) is 3.98. The Bertz CT molecular complexity index is 1250. The second-order valence-electron chi connectivity index (χ2n) is 7.97. The molecule has 7 nitrogen and oxygen atoms in total. The van der Waals surface area contributed by atoms with Crippen molar-refractivity contribution in [1.29, 1.82) is 0 Å². The molecule has 0 atom stereocenters. The fraction of sp³-hybridized carbons (Fsp3) is 0.435. The first-order valence-electron chi connectivity index (χ1n) is 10.9. The van der Waals surface area contributed by atoms with Gasteiger partial charge in [-0.2, -0.15) is 0 Å². The second kappa shape index (κ2) is 8.72. The van der Waals surface area contributed by atoms with E-state index < -0.39 is 5.92 Å². The van der Waals surface area contributed by atoms with Gasteiger partial charge in [0.25, 0.3) is 5.56 Å². The summed E-state index contributed by atoms with van der Waals surface area (Å²) in [5.74, 6) is -1.45. The van der Waals surface area contributed by atoms with Gasteiger partial charge in [-0.1, -0.05) is 18.2 Å². The highest BCUT2D eigenvalue weighted by Crippen LogP contribution is 2.34. The first-order chi connectivity index (χ1) is 15.3. The lowest BCUT2D eigenvalue weighted by Crippen LogP contribution is -2.39. The van der Waals surface area contributed by atoms with Gasteiger partial charge in [-0.25, -0.2) is 18.6 Å². The number of nitrogens with zero attached hydrogens (tertiary/aromatic N) is 3. The SMILES string of the molecule is CCn1c(=O)c2[nH]c(C=Cc3ccc(OC4CCC(F)(F)CC4)cc3)nc2n(CC)c1=O. The maximum absolute atomic E-state index is 13.3. The second-order valence-corrected chi connectivity index (χ2v) is 7.97. The first-order valence-corrected chi connectivity index (χ1v) is 10.9. The maximum atomic E-state index is 13.3. The van der Waals surface area contributed by atoms with Gasteiger partial charge in [0.1, 0.15) is 17.1 Å². The molecule has 2 heterocycles. The van der Waals surface area contributed by atoms with Gasteiger partial charge in [-0.3, -0.25) is 13.9 Å². The number of aromatic amines is 1. The van der Waals surface area contributed by atoms with Crippen molar-refractivity contribution in [3.8, 4) is 5.75 Å². The van der Waals surface area contributed by atoms with E-state index >= 15 is 0 Å². The topological polar surface area (TPSA) is 81.9 Å². The Balaban J connectivity index is 1.50. The van der Waals surface area contributed by atoms with Gasteiger partial charge in [-0.05, 0) is 50.5 Å². The van der Waals surface area contributed by atoms with Crippen molar-refractivity contribution >= 4 is 23.3 Å². The number of fused-ring (bicyclic) bond motifs is 1. The lowest BCUT2D eigenvalue weighted by atomic mass is 9.94. The van der Waals surface area contributed by atoms with Crippen LogP contribution in [-0.4, -0.2) is 31.1 Å². The molecule has 0 spiro atoms. The number of benzene rings is 1. The summed E-state index contributed by atoms with van der Waals surface area (Å²) in [6.07, 6.45) is 3.81. The maximum Gasteiger partial charge on any atom is 0.332 e. The van der Waals surface area contributed by atoms with Crippen molar-refractivity contribution in [3.63, 3.8) is 0 Å². The Kier molecular flexibility index (Phi) is 5.99. The minimum Gasteiger partial charge on any atom is -0.490 e. The smallest absolute Gasteiger partial charge is 0.332 e. The van der Waals surface area contributed by atoms with Gasteiger partial charge in [0.15, 0.2) is 5.65 Å². The molecule has 0 aliphatic heterocycles. The average Bonchev–Trinajstić information content (AvgIpc) is 3.20. The predicted octanol–water partition coefficient (Wildman–Crippen LogP) is 4.05. The van der Waals surface area contributed by atoms with Crippen LogP contribution in [0, 0.1) is 0 Å². The zero-order valence-corrected chi connectivity index (χ0v) is 18.1. The molecule has 2 aromatic heterocycles. The predicted molar refractivity (Wildman–Crippen MR) is 119 cm³/mol. The summed E-state index contributed by atoms with van der Waals surface area (Å²) in [4.78, 5) is 32.5. The highest BCUT2D eigenvalue weighted by molar-refractivity contribution is 5.75. The summed E-state index contributed by atoms with van der Waals surface area (Å²) < 4.78 is 35.0. The number of hydrogen-bond donors (Lipinski definition) is 1. The number of halogens is 2. The molecule has 0 amide bonds. The quantitative estimate of drug-likeness (QED) is 0.622. The van der Waals surface area contributed by atoms with Crippen LogP contribution >= 0.6 is 0 Å². The van der Waals surface area contributed by atoms with Gasteiger partial charge in [0.2, 0.25) is 5.92 Å². The summed E-state index contributed by atoms with van der Waals surface area (Å²) in [7, 11) is 0. The van der Waals surface area contributed by atoms with Gasteiger partial charge >= 0.3 is 5.69 Å². The van der Waals surface area contributed by atoms with E-state index in [0.717, 1.165) is 5.56 Å². The zero-order valence-electron chi connectivity index (χ0n) is 18.1. The summed E-state index contributed by atoms with van der Waals surface area (Å²) in [5, 5.41) is 0. The molecule has 0 unspecified atom stereocenters. The third-order valence-corrected chi connectivity index (χ3v) is 5.79. The molecule has 1 aromatic carbocycles. The molecule has 0 bridgehead atoms. The van der Waals surface area contributed by atoms with E-state index in [1.807, 2.05) is 25.1 Å². The number of H-pyrrole nitrogens is 1. The van der Waals surface area contributed by atoms with E-state index in [1.54, 1.807) is 25.1 Å². The molecule has 1 N–H and O–H groups in total. The molecule has 170 valence electrons. The van der Waals surface area contributed by atoms with Gasteiger partial charge in [-0.15, -0.1) is 0 Å². The minimum absolute atomic E-state index is 0.134. The lowest BCUT2D eigenvalue weighted by Gasteiger charge is -2.28. The van der Waals surface area contributed by atoms with E-state index in [0.29, 0.717) is 42.1 Å². The van der Waals surface area contributed by atoms with Crippen LogP contribution in [0.15, 0.2) is 33.9 Å². The van der Waals surface area contributed by atoms with Gasteiger partial charge < -0.3 is 9.72 Å². The Morgan fingerprint density at radius 1 is 1.09 bits per heavy atom. The molecule has 3 aromatic rings. The van der Waals surface area contributed by atoms with Crippen molar-refractivity contribution in [2.75, 3.05) is 0 Å². The number of ether oxygens (including phenoxy) is 1. The summed E-state index contributed by atoms with van der Waals surface area (Å²) in [6, 6.07) is 7.33. The molecule has 1 aliphatic rings. The molecule has 1 aliphatic carbocycles. The molecule has 0 saturated heterocycles. The number of alkyl halides is 2. The standard InChI is InChI=1S/C23H26F2N4O3/c1-3-28-20-19(21(30)29(4-2)22(28)31)26-18(27-20)10-7-15-5-8-16(9-6-15)32-17-11-13-23(24,25)14-12-17/h5-10,17H,3-4,11-14H2,1-2H3,(H,26,27). The van der Waals surface area contributed by atoms with E-state index in [1.165, 1.54) is 9.13 Å². The third-order valence-electron chi connectivity index (χ3n) is 5.79. The van der Waals surface area contributed by atoms with Crippen LogP contribution in [0.4, 0.5) is 8.78 Å². The van der Waals surface area contributed by atoms with Crippen LogP contribution in [0.1, 0.15) is 50.9 Å². The van der Waals surface area contributed by atoms with Crippen molar-refractivity contribution in [3.05, 3.63) is 56.5 Å². The zero-order chi connectivity index (χ0) is 22.9. The largest absolute Gasteiger partial charge is 0.490 e. The molecule has 9 heteroatoms. The van der Waals surface area contributed by atoms with Crippen LogP contribution < -0.4 is 16.0 Å². The highest BCUT2D eigenvalue weighted by atomic mass is 19.3. The monoisotopic (exact) mass is 444 g/mol. The average molecular weight is 444 g/mol. The van der Waals surface area contributed by atoms with Crippen LogP contribution in [0.25, 0.3) is 23.3 Å². The van der Waals surface area contributed by atoms with Crippen molar-refractivity contribution in [1.82, 2.24) is 19.1 Å². The minimum atomic E-state index is -2.57. The van der Waals surface area contributed by atoms with Crippen molar-refractivity contribution in [2.24, 2.45) is 0 Å². The summed E-state index contributed by atoms with van der Waals surface area (Å²) in [5.41, 5.74) is 0.772.